The van der Waals surface area contributed by atoms with E-state index in [4.69, 9.17) is 18.6 Å². The second-order valence-electron chi connectivity index (χ2n) is 4.89. The van der Waals surface area contributed by atoms with Crippen molar-refractivity contribution in [2.75, 3.05) is 26.6 Å². The van der Waals surface area contributed by atoms with Gasteiger partial charge in [-0.25, -0.2) is 0 Å². The lowest BCUT2D eigenvalue weighted by Crippen LogP contribution is -2.07. The molecule has 1 aliphatic rings. The Labute approximate surface area is 133 Å². The van der Waals surface area contributed by atoms with Crippen LogP contribution in [0.1, 0.15) is 12.8 Å². The number of rotatable bonds is 6. The molecule has 0 radical (unpaired) electrons. The molecule has 0 amide bonds. The molecular weight excluding hydrogens is 304 g/mol. The summed E-state index contributed by atoms with van der Waals surface area (Å²) >= 11 is 1.52. The number of thioether (sulfide) groups is 1. The van der Waals surface area contributed by atoms with Crippen molar-refractivity contribution in [3.8, 4) is 23.0 Å². The van der Waals surface area contributed by atoms with Crippen molar-refractivity contribution in [1.82, 2.24) is 10.2 Å². The molecule has 1 aliphatic heterocycles. The molecule has 1 saturated heterocycles. The standard InChI is InChI=1S/C15H18N2O4S/c1-18-10-5-6-12(13(8-10)19-2)14-16-17-15(21-14)22-9-11-4-3-7-20-11/h5-6,8,11H,3-4,7,9H2,1-2H3. The first-order valence-corrected chi connectivity index (χ1v) is 8.09. The lowest BCUT2D eigenvalue weighted by atomic mass is 10.2. The van der Waals surface area contributed by atoms with Gasteiger partial charge in [0, 0.05) is 18.4 Å². The molecule has 7 heteroatoms. The van der Waals surface area contributed by atoms with Gasteiger partial charge in [0.25, 0.3) is 11.1 Å². The zero-order valence-corrected chi connectivity index (χ0v) is 13.4. The summed E-state index contributed by atoms with van der Waals surface area (Å²) in [6.07, 6.45) is 2.51. The Kier molecular flexibility index (Phi) is 4.84. The van der Waals surface area contributed by atoms with Crippen LogP contribution in [0.5, 0.6) is 11.5 Å². The highest BCUT2D eigenvalue weighted by atomic mass is 32.2. The van der Waals surface area contributed by atoms with Gasteiger partial charge >= 0.3 is 0 Å². The molecular formula is C15H18N2O4S. The van der Waals surface area contributed by atoms with Gasteiger partial charge in [-0.15, -0.1) is 10.2 Å². The Balaban J connectivity index is 1.72. The van der Waals surface area contributed by atoms with Crippen LogP contribution in [0.2, 0.25) is 0 Å². The fourth-order valence-electron chi connectivity index (χ4n) is 2.29. The number of nitrogens with zero attached hydrogens (tertiary/aromatic N) is 2. The number of aromatic nitrogens is 2. The normalized spacial score (nSPS) is 17.6. The highest BCUT2D eigenvalue weighted by molar-refractivity contribution is 7.99. The zero-order valence-electron chi connectivity index (χ0n) is 12.6. The third-order valence-electron chi connectivity index (χ3n) is 3.46. The SMILES string of the molecule is COc1ccc(-c2nnc(SCC3CCCO3)o2)c(OC)c1. The number of methoxy groups -OCH3 is 2. The smallest absolute Gasteiger partial charge is 0.276 e. The van der Waals surface area contributed by atoms with E-state index in [9.17, 15) is 0 Å². The average molecular weight is 322 g/mol. The van der Waals surface area contributed by atoms with E-state index < -0.39 is 0 Å². The minimum absolute atomic E-state index is 0.288. The van der Waals surface area contributed by atoms with E-state index in [1.165, 1.54) is 11.8 Å². The highest BCUT2D eigenvalue weighted by Gasteiger charge is 2.19. The summed E-state index contributed by atoms with van der Waals surface area (Å²) in [5.74, 6) is 2.63. The first-order valence-electron chi connectivity index (χ1n) is 7.10. The Morgan fingerprint density at radius 1 is 1.27 bits per heavy atom. The van der Waals surface area contributed by atoms with Crippen molar-refractivity contribution in [2.24, 2.45) is 0 Å². The molecule has 0 saturated carbocycles. The summed E-state index contributed by atoms with van der Waals surface area (Å²) in [6.45, 7) is 0.851. The zero-order chi connectivity index (χ0) is 15.4. The van der Waals surface area contributed by atoms with E-state index in [0.29, 0.717) is 22.6 Å². The molecule has 0 N–H and O–H groups in total. The van der Waals surface area contributed by atoms with Gasteiger partial charge in [0.15, 0.2) is 0 Å². The first kappa shape index (κ1) is 15.2. The van der Waals surface area contributed by atoms with E-state index in [2.05, 4.69) is 10.2 Å². The number of ether oxygens (including phenoxy) is 3. The maximum atomic E-state index is 5.71. The topological polar surface area (TPSA) is 66.6 Å². The largest absolute Gasteiger partial charge is 0.497 e. The molecule has 1 aromatic heterocycles. The number of hydrogen-bond donors (Lipinski definition) is 0. The van der Waals surface area contributed by atoms with Crippen LogP contribution in [0.3, 0.4) is 0 Å². The predicted octanol–water partition coefficient (Wildman–Crippen LogP) is 3.02. The molecule has 2 aromatic rings. The van der Waals surface area contributed by atoms with Crippen LogP contribution in [-0.4, -0.2) is 42.9 Å². The highest BCUT2D eigenvalue weighted by Crippen LogP contribution is 2.34. The molecule has 3 rings (SSSR count). The summed E-state index contributed by atoms with van der Waals surface area (Å²) in [4.78, 5) is 0. The van der Waals surface area contributed by atoms with E-state index in [-0.39, 0.29) is 6.10 Å². The predicted molar refractivity (Wildman–Crippen MR) is 82.5 cm³/mol. The Bertz CT molecular complexity index is 626. The summed E-state index contributed by atoms with van der Waals surface area (Å²) in [7, 11) is 3.21. The number of hydrogen-bond acceptors (Lipinski definition) is 7. The lowest BCUT2D eigenvalue weighted by Gasteiger charge is -2.07. The second-order valence-corrected chi connectivity index (χ2v) is 5.86. The van der Waals surface area contributed by atoms with Crippen LogP contribution in [0.4, 0.5) is 0 Å². The van der Waals surface area contributed by atoms with Crippen LogP contribution < -0.4 is 9.47 Å². The fourth-order valence-corrected chi connectivity index (χ4v) is 3.12. The summed E-state index contributed by atoms with van der Waals surface area (Å²) < 4.78 is 21.8. The van der Waals surface area contributed by atoms with Crippen molar-refractivity contribution in [2.45, 2.75) is 24.2 Å². The maximum Gasteiger partial charge on any atom is 0.276 e. The molecule has 0 bridgehead atoms. The van der Waals surface area contributed by atoms with Gasteiger partial charge in [0.1, 0.15) is 11.5 Å². The van der Waals surface area contributed by atoms with Gasteiger partial charge in [0.05, 0.1) is 25.9 Å². The van der Waals surface area contributed by atoms with Crippen LogP contribution in [0, 0.1) is 0 Å². The quantitative estimate of drug-likeness (QED) is 0.757. The van der Waals surface area contributed by atoms with Crippen LogP contribution in [0.15, 0.2) is 27.8 Å². The van der Waals surface area contributed by atoms with E-state index in [1.807, 2.05) is 12.1 Å². The third kappa shape index (κ3) is 3.36. The Morgan fingerprint density at radius 3 is 2.91 bits per heavy atom. The molecule has 1 fully saturated rings. The monoisotopic (exact) mass is 322 g/mol. The summed E-state index contributed by atoms with van der Waals surface area (Å²) in [6, 6.07) is 5.47. The molecule has 6 nitrogen and oxygen atoms in total. The molecule has 0 spiro atoms. The van der Waals surface area contributed by atoms with Crippen LogP contribution >= 0.6 is 11.8 Å². The summed E-state index contributed by atoms with van der Waals surface area (Å²) in [5, 5.41) is 8.72. The second kappa shape index (κ2) is 7.02. The molecule has 1 unspecified atom stereocenters. The molecule has 22 heavy (non-hydrogen) atoms. The van der Waals surface area contributed by atoms with Gasteiger partial charge in [0.2, 0.25) is 0 Å². The van der Waals surface area contributed by atoms with E-state index >= 15 is 0 Å². The first-order chi connectivity index (χ1) is 10.8. The molecule has 1 aromatic carbocycles. The van der Waals surface area contributed by atoms with Gasteiger partial charge in [-0.3, -0.25) is 0 Å². The van der Waals surface area contributed by atoms with Crippen LogP contribution in [-0.2, 0) is 4.74 Å². The van der Waals surface area contributed by atoms with Crippen molar-refractivity contribution in [1.29, 1.82) is 0 Å². The van der Waals surface area contributed by atoms with Gasteiger partial charge in [-0.2, -0.15) is 0 Å². The van der Waals surface area contributed by atoms with Crippen molar-refractivity contribution < 1.29 is 18.6 Å². The van der Waals surface area contributed by atoms with E-state index in [0.717, 1.165) is 30.8 Å². The van der Waals surface area contributed by atoms with Crippen molar-refractivity contribution in [3.05, 3.63) is 18.2 Å². The van der Waals surface area contributed by atoms with Gasteiger partial charge < -0.3 is 18.6 Å². The van der Waals surface area contributed by atoms with E-state index in [1.54, 1.807) is 20.3 Å². The maximum absolute atomic E-state index is 5.71. The molecule has 2 heterocycles. The van der Waals surface area contributed by atoms with Gasteiger partial charge in [-0.1, -0.05) is 11.8 Å². The minimum atomic E-state index is 0.288. The fraction of sp³-hybridized carbons (Fsp3) is 0.467. The van der Waals surface area contributed by atoms with Crippen molar-refractivity contribution >= 4 is 11.8 Å². The summed E-state index contributed by atoms with van der Waals surface area (Å²) in [5.41, 5.74) is 0.750. The molecule has 1 atom stereocenters. The lowest BCUT2D eigenvalue weighted by molar-refractivity contribution is 0.128. The minimum Gasteiger partial charge on any atom is -0.497 e. The number of benzene rings is 1. The van der Waals surface area contributed by atoms with Gasteiger partial charge in [-0.05, 0) is 25.0 Å². The molecule has 0 aliphatic carbocycles. The Morgan fingerprint density at radius 2 is 2.18 bits per heavy atom. The third-order valence-corrected chi connectivity index (χ3v) is 4.41. The molecule has 118 valence electrons. The van der Waals surface area contributed by atoms with Crippen molar-refractivity contribution in [3.63, 3.8) is 0 Å². The van der Waals surface area contributed by atoms with Crippen LogP contribution in [0.25, 0.3) is 11.5 Å². The average Bonchev–Trinajstić information content (AvgIpc) is 3.23. The Hall–Kier alpha value is -1.73.